The van der Waals surface area contributed by atoms with Gasteiger partial charge in [0, 0.05) is 18.1 Å². The van der Waals surface area contributed by atoms with Gasteiger partial charge in [-0.25, -0.2) is 9.69 Å². The van der Waals surface area contributed by atoms with Crippen LogP contribution in [-0.4, -0.2) is 29.5 Å². The lowest BCUT2D eigenvalue weighted by atomic mass is 10.00. The van der Waals surface area contributed by atoms with E-state index in [1.54, 1.807) is 19.1 Å². The Morgan fingerprint density at radius 1 is 1.08 bits per heavy atom. The lowest BCUT2D eigenvalue weighted by Crippen LogP contribution is -2.31. The summed E-state index contributed by atoms with van der Waals surface area (Å²) in [5, 5.41) is 9.29. The van der Waals surface area contributed by atoms with Gasteiger partial charge >= 0.3 is 5.97 Å². The van der Waals surface area contributed by atoms with Crippen molar-refractivity contribution in [2.24, 2.45) is 0 Å². The summed E-state index contributed by atoms with van der Waals surface area (Å²) in [6.07, 6.45) is 0. The number of carbonyl (C=O) groups is 3. The first kappa shape index (κ1) is 17.4. The molecule has 0 aliphatic carbocycles. The molecular formula is C20H17NO5. The van der Waals surface area contributed by atoms with E-state index >= 15 is 0 Å². The van der Waals surface area contributed by atoms with E-state index in [0.29, 0.717) is 29.2 Å². The molecule has 6 heteroatoms. The van der Waals surface area contributed by atoms with Gasteiger partial charge < -0.3 is 9.84 Å². The second-order valence-corrected chi connectivity index (χ2v) is 5.70. The summed E-state index contributed by atoms with van der Waals surface area (Å²) in [7, 11) is 0. The number of carbonyl (C=O) groups excluding carboxylic acids is 2. The number of hydrogen-bond acceptors (Lipinski definition) is 4. The number of nitrogens with zero attached hydrogens (tertiary/aromatic N) is 1. The van der Waals surface area contributed by atoms with Gasteiger partial charge in [0.2, 0.25) is 5.91 Å². The smallest absolute Gasteiger partial charge is 0.335 e. The van der Waals surface area contributed by atoms with Gasteiger partial charge in [-0.3, -0.25) is 9.59 Å². The van der Waals surface area contributed by atoms with Crippen LogP contribution in [0.15, 0.2) is 48.5 Å². The van der Waals surface area contributed by atoms with Crippen molar-refractivity contribution < 1.29 is 24.2 Å². The second-order valence-electron chi connectivity index (χ2n) is 5.70. The molecule has 0 unspecified atom stereocenters. The number of anilines is 1. The molecule has 0 fully saturated rings. The maximum Gasteiger partial charge on any atom is 0.335 e. The Hall–Kier alpha value is -3.41. The fraction of sp³-hybridized carbons (Fsp3) is 0.150. The van der Waals surface area contributed by atoms with Gasteiger partial charge in [-0.1, -0.05) is 30.3 Å². The Morgan fingerprint density at radius 2 is 1.77 bits per heavy atom. The summed E-state index contributed by atoms with van der Waals surface area (Å²) in [6.45, 7) is 3.40. The Kier molecular flexibility index (Phi) is 4.58. The molecule has 0 aromatic heterocycles. The van der Waals surface area contributed by atoms with Gasteiger partial charge in [0.05, 0.1) is 23.4 Å². The fourth-order valence-corrected chi connectivity index (χ4v) is 2.97. The fourth-order valence-electron chi connectivity index (χ4n) is 2.97. The van der Waals surface area contributed by atoms with Gasteiger partial charge in [-0.05, 0) is 25.1 Å². The van der Waals surface area contributed by atoms with Crippen LogP contribution in [0.4, 0.5) is 5.69 Å². The van der Waals surface area contributed by atoms with Gasteiger partial charge in [0.25, 0.3) is 5.91 Å². The van der Waals surface area contributed by atoms with Crippen LogP contribution in [-0.2, 0) is 14.3 Å². The van der Waals surface area contributed by atoms with Gasteiger partial charge in [0.1, 0.15) is 5.76 Å². The van der Waals surface area contributed by atoms with E-state index < -0.39 is 17.8 Å². The topological polar surface area (TPSA) is 83.9 Å². The van der Waals surface area contributed by atoms with Crippen molar-refractivity contribution in [3.05, 3.63) is 65.2 Å². The number of carboxylic acid groups (broad SMARTS) is 1. The van der Waals surface area contributed by atoms with Crippen molar-refractivity contribution in [3.63, 3.8) is 0 Å². The zero-order valence-electron chi connectivity index (χ0n) is 14.4. The number of imide groups is 1. The van der Waals surface area contributed by atoms with E-state index in [4.69, 9.17) is 4.74 Å². The summed E-state index contributed by atoms with van der Waals surface area (Å²) in [5.41, 5.74) is 1.62. The van der Waals surface area contributed by atoms with Crippen molar-refractivity contribution in [2.45, 2.75) is 13.8 Å². The SMILES string of the molecule is CCOC(=C1C(=O)N(C(C)=O)c2ccc(C(=O)O)cc21)c1ccccc1. The van der Waals surface area contributed by atoms with Crippen LogP contribution in [0.5, 0.6) is 0 Å². The zero-order chi connectivity index (χ0) is 18.8. The molecule has 26 heavy (non-hydrogen) atoms. The van der Waals surface area contributed by atoms with Crippen molar-refractivity contribution >= 4 is 34.8 Å². The van der Waals surface area contributed by atoms with E-state index in [2.05, 4.69) is 0 Å². The summed E-state index contributed by atoms with van der Waals surface area (Å²) < 4.78 is 5.74. The van der Waals surface area contributed by atoms with Crippen LogP contribution in [0.2, 0.25) is 0 Å². The number of benzene rings is 2. The van der Waals surface area contributed by atoms with Crippen LogP contribution < -0.4 is 4.90 Å². The highest BCUT2D eigenvalue weighted by molar-refractivity contribution is 6.43. The highest BCUT2D eigenvalue weighted by Crippen LogP contribution is 2.41. The van der Waals surface area contributed by atoms with Gasteiger partial charge in [0.15, 0.2) is 0 Å². The van der Waals surface area contributed by atoms with E-state index in [-0.39, 0.29) is 11.1 Å². The maximum atomic E-state index is 13.0. The van der Waals surface area contributed by atoms with Crippen LogP contribution in [0.1, 0.15) is 35.3 Å². The molecular weight excluding hydrogens is 334 g/mol. The van der Waals surface area contributed by atoms with E-state index in [0.717, 1.165) is 4.90 Å². The molecule has 132 valence electrons. The quantitative estimate of drug-likeness (QED) is 0.675. The summed E-state index contributed by atoms with van der Waals surface area (Å²) in [4.78, 5) is 37.4. The molecule has 0 saturated carbocycles. The number of hydrogen-bond donors (Lipinski definition) is 1. The Balaban J connectivity index is 2.33. The predicted octanol–water partition coefficient (Wildman–Crippen LogP) is 3.18. The monoisotopic (exact) mass is 351 g/mol. The van der Waals surface area contributed by atoms with E-state index in [9.17, 15) is 19.5 Å². The third-order valence-electron chi connectivity index (χ3n) is 4.04. The molecule has 1 aliphatic rings. The Labute approximate surface area is 150 Å². The van der Waals surface area contributed by atoms with Crippen molar-refractivity contribution in [1.82, 2.24) is 0 Å². The van der Waals surface area contributed by atoms with Crippen LogP contribution in [0, 0.1) is 0 Å². The number of amides is 2. The number of carboxylic acids is 1. The van der Waals surface area contributed by atoms with Crippen LogP contribution in [0.25, 0.3) is 11.3 Å². The first-order valence-corrected chi connectivity index (χ1v) is 8.11. The first-order chi connectivity index (χ1) is 12.5. The molecule has 1 N–H and O–H groups in total. The molecule has 2 aromatic carbocycles. The number of aromatic carboxylic acids is 1. The standard InChI is InChI=1S/C20H17NO5/c1-3-26-18(13-7-5-4-6-8-13)17-15-11-14(20(24)25)9-10-16(15)21(12(2)22)19(17)23/h4-11H,3H2,1-2H3,(H,24,25). The summed E-state index contributed by atoms with van der Waals surface area (Å²) in [6, 6.07) is 13.3. The minimum Gasteiger partial charge on any atom is -0.492 e. The number of rotatable bonds is 4. The molecule has 3 rings (SSSR count). The van der Waals surface area contributed by atoms with Gasteiger partial charge in [-0.15, -0.1) is 0 Å². The molecule has 0 saturated heterocycles. The summed E-state index contributed by atoms with van der Waals surface area (Å²) in [5.74, 6) is -1.76. The van der Waals surface area contributed by atoms with Crippen molar-refractivity contribution in [2.75, 3.05) is 11.5 Å². The van der Waals surface area contributed by atoms with Crippen molar-refractivity contribution in [3.8, 4) is 0 Å². The van der Waals surface area contributed by atoms with Crippen LogP contribution in [0.3, 0.4) is 0 Å². The third-order valence-corrected chi connectivity index (χ3v) is 4.04. The molecule has 2 aromatic rings. The lowest BCUT2D eigenvalue weighted by molar-refractivity contribution is -0.122. The molecule has 2 amide bonds. The Bertz CT molecular complexity index is 930. The largest absolute Gasteiger partial charge is 0.492 e. The molecule has 1 heterocycles. The highest BCUT2D eigenvalue weighted by atomic mass is 16.5. The Morgan fingerprint density at radius 3 is 2.35 bits per heavy atom. The lowest BCUT2D eigenvalue weighted by Gasteiger charge is -2.13. The average molecular weight is 351 g/mol. The molecule has 0 radical (unpaired) electrons. The predicted molar refractivity (Wildman–Crippen MR) is 96.5 cm³/mol. The number of ether oxygens (including phenoxy) is 1. The van der Waals surface area contributed by atoms with E-state index in [1.807, 2.05) is 18.2 Å². The zero-order valence-corrected chi connectivity index (χ0v) is 14.4. The molecule has 0 atom stereocenters. The normalized spacial score (nSPS) is 14.8. The minimum atomic E-state index is -1.11. The highest BCUT2D eigenvalue weighted by Gasteiger charge is 2.38. The second kappa shape index (κ2) is 6.84. The van der Waals surface area contributed by atoms with Crippen molar-refractivity contribution in [1.29, 1.82) is 0 Å². The number of fused-ring (bicyclic) bond motifs is 1. The molecule has 1 aliphatic heterocycles. The average Bonchev–Trinajstić information content (AvgIpc) is 2.91. The molecule has 0 spiro atoms. The van der Waals surface area contributed by atoms with Gasteiger partial charge in [-0.2, -0.15) is 0 Å². The maximum absolute atomic E-state index is 13.0. The first-order valence-electron chi connectivity index (χ1n) is 8.11. The summed E-state index contributed by atoms with van der Waals surface area (Å²) >= 11 is 0. The molecule has 0 bridgehead atoms. The minimum absolute atomic E-state index is 0.0309. The van der Waals surface area contributed by atoms with E-state index in [1.165, 1.54) is 25.1 Å². The third kappa shape index (κ3) is 2.86. The molecule has 6 nitrogen and oxygen atoms in total. The van der Waals surface area contributed by atoms with Crippen LogP contribution >= 0.6 is 0 Å².